The summed E-state index contributed by atoms with van der Waals surface area (Å²) in [6, 6.07) is 4.47. The molecule has 0 unspecified atom stereocenters. The van der Waals surface area contributed by atoms with Gasteiger partial charge in [0.05, 0.1) is 11.4 Å². The van der Waals surface area contributed by atoms with Gasteiger partial charge < -0.3 is 22.1 Å². The number of guanidine groups is 2. The second-order valence-corrected chi connectivity index (χ2v) is 5.31. The minimum absolute atomic E-state index is 0.0905. The molecule has 2 rings (SSSR count). The normalized spacial score (nSPS) is 16.9. The zero-order valence-corrected chi connectivity index (χ0v) is 12.1. The summed E-state index contributed by atoms with van der Waals surface area (Å²) >= 11 is 0. The summed E-state index contributed by atoms with van der Waals surface area (Å²) in [6.07, 6.45) is 2.20. The number of hydrogen-bond donors (Lipinski definition) is 3. The monoisotopic (exact) mass is 292 g/mol. The molecule has 1 aliphatic heterocycles. The van der Waals surface area contributed by atoms with Crippen molar-refractivity contribution in [2.24, 2.45) is 33.1 Å². The van der Waals surface area contributed by atoms with Gasteiger partial charge in [-0.15, -0.1) is 0 Å². The summed E-state index contributed by atoms with van der Waals surface area (Å²) < 4.78 is 13.5. The summed E-state index contributed by atoms with van der Waals surface area (Å²) in [5, 5.41) is 0. The SMILES string of the molecule is CC1CCN(c2ccc(F)cc2N=C(N)N=C(N)N)CC1. The number of aliphatic imine (C=N–C) groups is 2. The Hall–Kier alpha value is -2.31. The molecule has 0 atom stereocenters. The second-order valence-electron chi connectivity index (χ2n) is 5.31. The van der Waals surface area contributed by atoms with Gasteiger partial charge in [0.25, 0.3) is 0 Å². The van der Waals surface area contributed by atoms with E-state index < -0.39 is 0 Å². The van der Waals surface area contributed by atoms with Crippen LogP contribution in [-0.4, -0.2) is 25.0 Å². The van der Waals surface area contributed by atoms with Crippen LogP contribution in [-0.2, 0) is 0 Å². The van der Waals surface area contributed by atoms with Crippen LogP contribution in [0.15, 0.2) is 28.2 Å². The zero-order valence-electron chi connectivity index (χ0n) is 12.1. The average Bonchev–Trinajstić information content (AvgIpc) is 2.39. The van der Waals surface area contributed by atoms with Crippen LogP contribution in [0.2, 0.25) is 0 Å². The Morgan fingerprint density at radius 3 is 2.52 bits per heavy atom. The van der Waals surface area contributed by atoms with Crippen molar-refractivity contribution in [2.45, 2.75) is 19.8 Å². The lowest BCUT2D eigenvalue weighted by molar-refractivity contribution is 0.438. The van der Waals surface area contributed by atoms with Crippen LogP contribution in [0, 0.1) is 11.7 Å². The van der Waals surface area contributed by atoms with Gasteiger partial charge in [0.1, 0.15) is 5.82 Å². The van der Waals surface area contributed by atoms with Crippen molar-refractivity contribution in [3.8, 4) is 0 Å². The number of nitrogens with two attached hydrogens (primary N) is 3. The highest BCUT2D eigenvalue weighted by Crippen LogP contribution is 2.32. The number of rotatable bonds is 2. The highest BCUT2D eigenvalue weighted by molar-refractivity contribution is 5.94. The van der Waals surface area contributed by atoms with Gasteiger partial charge in [0, 0.05) is 19.2 Å². The third-order valence-electron chi connectivity index (χ3n) is 3.54. The van der Waals surface area contributed by atoms with Crippen molar-refractivity contribution in [1.29, 1.82) is 0 Å². The molecule has 1 saturated heterocycles. The van der Waals surface area contributed by atoms with E-state index in [9.17, 15) is 4.39 Å². The zero-order chi connectivity index (χ0) is 15.4. The standard InChI is InChI=1S/C14H21FN6/c1-9-4-6-21(7-5-9)12-3-2-10(15)8-11(12)19-14(18)20-13(16)17/h2-3,8-9H,4-7H2,1H3,(H6,16,17,18,19,20). The first-order chi connectivity index (χ1) is 9.95. The Bertz CT molecular complexity index is 557. The fourth-order valence-electron chi connectivity index (χ4n) is 2.38. The summed E-state index contributed by atoms with van der Waals surface area (Å²) in [5.41, 5.74) is 17.4. The number of halogens is 1. The Morgan fingerprint density at radius 1 is 1.24 bits per heavy atom. The van der Waals surface area contributed by atoms with Crippen molar-refractivity contribution in [3.63, 3.8) is 0 Å². The smallest absolute Gasteiger partial charge is 0.223 e. The molecule has 0 radical (unpaired) electrons. The van der Waals surface area contributed by atoms with Gasteiger partial charge in [0.2, 0.25) is 5.96 Å². The van der Waals surface area contributed by atoms with E-state index in [0.717, 1.165) is 31.6 Å². The van der Waals surface area contributed by atoms with Crippen LogP contribution in [0.25, 0.3) is 0 Å². The largest absolute Gasteiger partial charge is 0.370 e. The van der Waals surface area contributed by atoms with Crippen LogP contribution >= 0.6 is 0 Å². The third kappa shape index (κ3) is 4.08. The molecule has 1 fully saturated rings. The first-order valence-corrected chi connectivity index (χ1v) is 6.94. The van der Waals surface area contributed by atoms with Gasteiger partial charge in [-0.3, -0.25) is 0 Å². The number of nitrogens with zero attached hydrogens (tertiary/aromatic N) is 3. The van der Waals surface area contributed by atoms with E-state index in [1.54, 1.807) is 6.07 Å². The van der Waals surface area contributed by atoms with E-state index in [-0.39, 0.29) is 17.7 Å². The molecule has 0 bridgehead atoms. The molecule has 1 aromatic carbocycles. The van der Waals surface area contributed by atoms with Crippen molar-refractivity contribution >= 4 is 23.3 Å². The van der Waals surface area contributed by atoms with Gasteiger partial charge in [-0.25, -0.2) is 9.38 Å². The van der Waals surface area contributed by atoms with E-state index in [0.29, 0.717) is 11.6 Å². The van der Waals surface area contributed by atoms with Crippen LogP contribution in [0.1, 0.15) is 19.8 Å². The van der Waals surface area contributed by atoms with E-state index in [1.165, 1.54) is 12.1 Å². The molecule has 0 amide bonds. The second kappa shape index (κ2) is 6.43. The molecule has 1 aliphatic rings. The first-order valence-electron chi connectivity index (χ1n) is 6.94. The fourth-order valence-corrected chi connectivity index (χ4v) is 2.38. The molecule has 6 N–H and O–H groups in total. The molecule has 0 spiro atoms. The fraction of sp³-hybridized carbons (Fsp3) is 0.429. The molecule has 21 heavy (non-hydrogen) atoms. The summed E-state index contributed by atoms with van der Waals surface area (Å²) in [4.78, 5) is 9.96. The lowest BCUT2D eigenvalue weighted by atomic mass is 9.98. The molecule has 0 saturated carbocycles. The molecule has 6 nitrogen and oxygen atoms in total. The average molecular weight is 292 g/mol. The maximum Gasteiger partial charge on any atom is 0.223 e. The quantitative estimate of drug-likeness (QED) is 0.564. The molecular formula is C14H21FN6. The minimum atomic E-state index is -0.375. The van der Waals surface area contributed by atoms with E-state index in [4.69, 9.17) is 17.2 Å². The van der Waals surface area contributed by atoms with Crippen LogP contribution in [0.3, 0.4) is 0 Å². The lowest BCUT2D eigenvalue weighted by Gasteiger charge is -2.32. The predicted octanol–water partition coefficient (Wildman–Crippen LogP) is 1.28. The molecular weight excluding hydrogens is 271 g/mol. The van der Waals surface area contributed by atoms with Crippen LogP contribution < -0.4 is 22.1 Å². The topological polar surface area (TPSA) is 106 Å². The van der Waals surface area contributed by atoms with E-state index in [1.807, 2.05) is 0 Å². The van der Waals surface area contributed by atoms with Crippen molar-refractivity contribution in [3.05, 3.63) is 24.0 Å². The molecule has 7 heteroatoms. The molecule has 0 aliphatic carbocycles. The Labute approximate surface area is 123 Å². The molecule has 1 aromatic rings. The van der Waals surface area contributed by atoms with Crippen molar-refractivity contribution in [2.75, 3.05) is 18.0 Å². The van der Waals surface area contributed by atoms with Gasteiger partial charge >= 0.3 is 0 Å². The van der Waals surface area contributed by atoms with Gasteiger partial charge in [-0.05, 0) is 30.9 Å². The van der Waals surface area contributed by atoms with Crippen molar-refractivity contribution in [1.82, 2.24) is 0 Å². The number of piperidine rings is 1. The first kappa shape index (κ1) is 15.1. The van der Waals surface area contributed by atoms with Crippen LogP contribution in [0.5, 0.6) is 0 Å². The van der Waals surface area contributed by atoms with Crippen LogP contribution in [0.4, 0.5) is 15.8 Å². The van der Waals surface area contributed by atoms with Gasteiger partial charge in [-0.2, -0.15) is 4.99 Å². The third-order valence-corrected chi connectivity index (χ3v) is 3.54. The highest BCUT2D eigenvalue weighted by Gasteiger charge is 2.18. The minimum Gasteiger partial charge on any atom is -0.370 e. The summed E-state index contributed by atoms with van der Waals surface area (Å²) in [7, 11) is 0. The lowest BCUT2D eigenvalue weighted by Crippen LogP contribution is -2.32. The van der Waals surface area contributed by atoms with Gasteiger partial charge in [-0.1, -0.05) is 6.92 Å². The highest BCUT2D eigenvalue weighted by atomic mass is 19.1. The molecule has 114 valence electrons. The maximum absolute atomic E-state index is 13.5. The summed E-state index contributed by atoms with van der Waals surface area (Å²) in [5.74, 6) is 0.0639. The number of anilines is 1. The van der Waals surface area contributed by atoms with E-state index >= 15 is 0 Å². The molecule has 0 aromatic heterocycles. The maximum atomic E-state index is 13.5. The Balaban J connectivity index is 2.32. The summed E-state index contributed by atoms with van der Waals surface area (Å²) in [6.45, 7) is 4.06. The van der Waals surface area contributed by atoms with E-state index in [2.05, 4.69) is 21.8 Å². The number of benzene rings is 1. The molecule has 1 heterocycles. The Kier molecular flexibility index (Phi) is 4.62. The number of hydrogen-bond acceptors (Lipinski definition) is 2. The van der Waals surface area contributed by atoms with Crippen molar-refractivity contribution < 1.29 is 4.39 Å². The predicted molar refractivity (Wildman–Crippen MR) is 84.1 cm³/mol. The Morgan fingerprint density at radius 2 is 1.90 bits per heavy atom. The van der Waals surface area contributed by atoms with Gasteiger partial charge in [0.15, 0.2) is 5.96 Å².